The lowest BCUT2D eigenvalue weighted by Crippen LogP contribution is -2.02. The van der Waals surface area contributed by atoms with Crippen molar-refractivity contribution in [2.45, 2.75) is 6.61 Å². The molecule has 1 aromatic heterocycles. The first kappa shape index (κ1) is 9.64. The van der Waals surface area contributed by atoms with E-state index in [2.05, 4.69) is 9.72 Å². The first-order valence-electron chi connectivity index (χ1n) is 4.20. The second-order valence-electron chi connectivity index (χ2n) is 2.86. The second kappa shape index (κ2) is 3.68. The molecule has 0 aliphatic rings. The molecule has 0 atom stereocenters. The Morgan fingerprint density at radius 1 is 1.27 bits per heavy atom. The fourth-order valence-corrected chi connectivity index (χ4v) is 1.33. The van der Waals surface area contributed by atoms with Crippen LogP contribution in [0, 0.1) is 0 Å². The number of aromatic hydroxyl groups is 1. The van der Waals surface area contributed by atoms with Gasteiger partial charge < -0.3 is 9.84 Å². The maximum atomic E-state index is 12.1. The summed E-state index contributed by atoms with van der Waals surface area (Å²) in [5.74, 6) is -0.564. The van der Waals surface area contributed by atoms with Crippen molar-refractivity contribution in [3.05, 3.63) is 30.5 Å². The zero-order valence-electron chi connectivity index (χ0n) is 7.52. The summed E-state index contributed by atoms with van der Waals surface area (Å²) >= 11 is 0. The fraction of sp³-hybridized carbons (Fsp3) is 0.100. The van der Waals surface area contributed by atoms with Crippen LogP contribution in [0.1, 0.15) is 0 Å². The number of alkyl halides is 2. The average Bonchev–Trinajstić information content (AvgIpc) is 2.22. The molecular formula is C10H7F2NO2. The van der Waals surface area contributed by atoms with Crippen molar-refractivity contribution < 1.29 is 18.6 Å². The number of halogens is 2. The van der Waals surface area contributed by atoms with E-state index in [1.165, 1.54) is 18.3 Å². The number of aromatic nitrogens is 1. The number of pyridine rings is 1. The van der Waals surface area contributed by atoms with E-state index in [1.54, 1.807) is 12.1 Å². The minimum Gasteiger partial charge on any atom is -0.504 e. The summed E-state index contributed by atoms with van der Waals surface area (Å²) in [6.07, 6.45) is 1.53. The second-order valence-corrected chi connectivity index (χ2v) is 2.86. The van der Waals surface area contributed by atoms with Gasteiger partial charge in [-0.15, -0.1) is 0 Å². The van der Waals surface area contributed by atoms with Gasteiger partial charge in [0.25, 0.3) is 0 Å². The summed E-state index contributed by atoms with van der Waals surface area (Å²) in [6.45, 7) is -2.97. The molecule has 1 N–H and O–H groups in total. The predicted molar refractivity (Wildman–Crippen MR) is 50.0 cm³/mol. The molecule has 0 saturated heterocycles. The Bertz CT molecular complexity index is 488. The number of ether oxygens (including phenoxy) is 1. The minimum atomic E-state index is -2.97. The molecule has 1 aromatic carbocycles. The normalized spacial score (nSPS) is 10.9. The Hall–Kier alpha value is -1.91. The molecule has 1 heterocycles. The summed E-state index contributed by atoms with van der Waals surface area (Å²) in [7, 11) is 0. The van der Waals surface area contributed by atoms with Gasteiger partial charge in [0.2, 0.25) is 0 Å². The van der Waals surface area contributed by atoms with E-state index in [4.69, 9.17) is 0 Å². The van der Waals surface area contributed by atoms with Gasteiger partial charge in [-0.1, -0.05) is 0 Å². The molecule has 0 radical (unpaired) electrons. The summed E-state index contributed by atoms with van der Waals surface area (Å²) in [5.41, 5.74) is 0.492. The highest BCUT2D eigenvalue weighted by atomic mass is 19.3. The number of phenolic OH excluding ortho intramolecular Hbond substituents is 1. The van der Waals surface area contributed by atoms with Crippen LogP contribution >= 0.6 is 0 Å². The van der Waals surface area contributed by atoms with Crippen LogP contribution in [-0.2, 0) is 0 Å². The van der Waals surface area contributed by atoms with Crippen molar-refractivity contribution in [2.75, 3.05) is 0 Å². The maximum Gasteiger partial charge on any atom is 0.387 e. The monoisotopic (exact) mass is 211 g/mol. The zero-order valence-corrected chi connectivity index (χ0v) is 7.52. The Labute approximate surface area is 83.9 Å². The van der Waals surface area contributed by atoms with E-state index in [1.807, 2.05) is 0 Å². The molecule has 0 bridgehead atoms. The number of benzene rings is 1. The van der Waals surface area contributed by atoms with E-state index in [0.717, 1.165) is 0 Å². The van der Waals surface area contributed by atoms with Gasteiger partial charge in [0.15, 0.2) is 11.5 Å². The molecule has 0 unspecified atom stereocenters. The number of hydrogen-bond acceptors (Lipinski definition) is 3. The minimum absolute atomic E-state index is 0.240. The van der Waals surface area contributed by atoms with Crippen LogP contribution in [0.5, 0.6) is 11.5 Å². The Balaban J connectivity index is 2.63. The molecule has 5 heteroatoms. The van der Waals surface area contributed by atoms with Crippen molar-refractivity contribution in [3.63, 3.8) is 0 Å². The Morgan fingerprint density at radius 3 is 2.80 bits per heavy atom. The fourth-order valence-electron chi connectivity index (χ4n) is 1.33. The van der Waals surface area contributed by atoms with Gasteiger partial charge in [0.05, 0.1) is 5.52 Å². The molecule has 2 rings (SSSR count). The standard InChI is InChI=1S/C10H7F2NO2/c11-10(12)15-9-6-2-1-5-13-7(6)3-4-8(9)14/h1-5,10,14H. The highest BCUT2D eigenvalue weighted by Gasteiger charge is 2.13. The summed E-state index contributed by atoms with van der Waals surface area (Å²) in [6, 6.07) is 5.94. The predicted octanol–water partition coefficient (Wildman–Crippen LogP) is 2.54. The van der Waals surface area contributed by atoms with E-state index in [9.17, 15) is 13.9 Å². The van der Waals surface area contributed by atoms with Crippen LogP contribution in [0.25, 0.3) is 10.9 Å². The number of fused-ring (bicyclic) bond motifs is 1. The van der Waals surface area contributed by atoms with Gasteiger partial charge in [-0.2, -0.15) is 8.78 Å². The van der Waals surface area contributed by atoms with Gasteiger partial charge in [0.1, 0.15) is 0 Å². The third-order valence-corrected chi connectivity index (χ3v) is 1.92. The molecule has 0 aliphatic heterocycles. The maximum absolute atomic E-state index is 12.1. The summed E-state index contributed by atoms with van der Waals surface area (Å²) < 4.78 is 28.4. The van der Waals surface area contributed by atoms with Crippen molar-refractivity contribution in [2.24, 2.45) is 0 Å². The Morgan fingerprint density at radius 2 is 2.07 bits per heavy atom. The molecule has 78 valence electrons. The van der Waals surface area contributed by atoms with E-state index >= 15 is 0 Å². The van der Waals surface area contributed by atoms with E-state index in [-0.39, 0.29) is 11.5 Å². The topological polar surface area (TPSA) is 42.4 Å². The molecule has 0 saturated carbocycles. The van der Waals surface area contributed by atoms with Crippen molar-refractivity contribution in [1.82, 2.24) is 4.98 Å². The van der Waals surface area contributed by atoms with Gasteiger partial charge in [0, 0.05) is 11.6 Å². The summed E-state index contributed by atoms with van der Waals surface area (Å²) in [5, 5.41) is 9.73. The lowest BCUT2D eigenvalue weighted by atomic mass is 10.2. The molecule has 15 heavy (non-hydrogen) atoms. The van der Waals surface area contributed by atoms with Crippen LogP contribution < -0.4 is 4.74 Å². The number of rotatable bonds is 2. The summed E-state index contributed by atoms with van der Waals surface area (Å²) in [4.78, 5) is 3.95. The third-order valence-electron chi connectivity index (χ3n) is 1.92. The lowest BCUT2D eigenvalue weighted by Gasteiger charge is -2.09. The van der Waals surface area contributed by atoms with Crippen LogP contribution in [0.4, 0.5) is 8.78 Å². The highest BCUT2D eigenvalue weighted by molar-refractivity contribution is 5.87. The van der Waals surface area contributed by atoms with Crippen LogP contribution in [-0.4, -0.2) is 16.7 Å². The number of phenols is 1. The van der Waals surface area contributed by atoms with Gasteiger partial charge in [-0.05, 0) is 24.3 Å². The highest BCUT2D eigenvalue weighted by Crippen LogP contribution is 2.34. The van der Waals surface area contributed by atoms with Gasteiger partial charge in [-0.3, -0.25) is 4.98 Å². The van der Waals surface area contributed by atoms with Crippen molar-refractivity contribution in [3.8, 4) is 11.5 Å². The van der Waals surface area contributed by atoms with Crippen molar-refractivity contribution >= 4 is 10.9 Å². The first-order chi connectivity index (χ1) is 7.18. The smallest absolute Gasteiger partial charge is 0.387 e. The third kappa shape index (κ3) is 1.81. The van der Waals surface area contributed by atoms with Crippen LogP contribution in [0.2, 0.25) is 0 Å². The van der Waals surface area contributed by atoms with Crippen molar-refractivity contribution in [1.29, 1.82) is 0 Å². The number of hydrogen-bond donors (Lipinski definition) is 1. The molecule has 0 amide bonds. The average molecular weight is 211 g/mol. The lowest BCUT2D eigenvalue weighted by molar-refractivity contribution is -0.0501. The van der Waals surface area contributed by atoms with Gasteiger partial charge in [-0.25, -0.2) is 0 Å². The molecule has 3 nitrogen and oxygen atoms in total. The SMILES string of the molecule is Oc1ccc2ncccc2c1OC(F)F. The quantitative estimate of drug-likeness (QED) is 0.829. The number of nitrogens with zero attached hydrogens (tertiary/aromatic N) is 1. The molecule has 2 aromatic rings. The van der Waals surface area contributed by atoms with Gasteiger partial charge >= 0.3 is 6.61 Å². The van der Waals surface area contributed by atoms with Crippen LogP contribution in [0.3, 0.4) is 0 Å². The molecule has 0 fully saturated rings. The molecule has 0 spiro atoms. The largest absolute Gasteiger partial charge is 0.504 e. The zero-order chi connectivity index (χ0) is 10.8. The first-order valence-corrected chi connectivity index (χ1v) is 4.20. The van der Waals surface area contributed by atoms with E-state index in [0.29, 0.717) is 10.9 Å². The Kier molecular flexibility index (Phi) is 2.37. The van der Waals surface area contributed by atoms with E-state index < -0.39 is 6.61 Å². The van der Waals surface area contributed by atoms with Crippen LogP contribution in [0.15, 0.2) is 30.5 Å². The molecule has 0 aliphatic carbocycles. The molecular weight excluding hydrogens is 204 g/mol.